The number of hydrogen-bond donors (Lipinski definition) is 1. The summed E-state index contributed by atoms with van der Waals surface area (Å²) in [4.78, 5) is 13.5. The molecule has 0 aliphatic rings. The van der Waals surface area contributed by atoms with Crippen LogP contribution in [0.2, 0.25) is 0 Å². The predicted molar refractivity (Wildman–Crippen MR) is 92.7 cm³/mol. The zero-order valence-corrected chi connectivity index (χ0v) is 13.9. The van der Waals surface area contributed by atoms with Gasteiger partial charge in [0.1, 0.15) is 18.2 Å². The molecule has 5 heteroatoms. The van der Waals surface area contributed by atoms with Crippen molar-refractivity contribution in [1.82, 2.24) is 10.2 Å². The summed E-state index contributed by atoms with van der Waals surface area (Å²) < 4.78 is 18.3. The van der Waals surface area contributed by atoms with Crippen LogP contribution in [0.1, 0.15) is 12.0 Å². The molecule has 0 bridgehead atoms. The molecule has 0 radical (unpaired) electrons. The van der Waals surface area contributed by atoms with Crippen molar-refractivity contribution in [3.8, 4) is 5.75 Å². The second-order valence-electron chi connectivity index (χ2n) is 5.55. The Hall–Kier alpha value is -2.56. The molecule has 0 unspecified atom stereocenters. The molecule has 0 spiro atoms. The van der Waals surface area contributed by atoms with Gasteiger partial charge in [0.2, 0.25) is 0 Å². The van der Waals surface area contributed by atoms with Gasteiger partial charge in [0, 0.05) is 13.6 Å². The first-order valence-electron chi connectivity index (χ1n) is 8.06. The lowest BCUT2D eigenvalue weighted by molar-refractivity contribution is 0.195. The number of carbonyl (C=O) groups is 1. The first-order valence-corrected chi connectivity index (χ1v) is 8.06. The van der Waals surface area contributed by atoms with Crippen molar-refractivity contribution >= 4 is 6.03 Å². The van der Waals surface area contributed by atoms with Crippen molar-refractivity contribution in [2.45, 2.75) is 12.8 Å². The quantitative estimate of drug-likeness (QED) is 0.753. The van der Waals surface area contributed by atoms with Crippen LogP contribution >= 0.6 is 0 Å². The van der Waals surface area contributed by atoms with E-state index >= 15 is 0 Å². The number of amides is 2. The Morgan fingerprint density at radius 3 is 2.54 bits per heavy atom. The molecule has 0 aromatic heterocycles. The first kappa shape index (κ1) is 17.8. The van der Waals surface area contributed by atoms with Gasteiger partial charge in [-0.3, -0.25) is 0 Å². The van der Waals surface area contributed by atoms with E-state index in [-0.39, 0.29) is 11.8 Å². The third kappa shape index (κ3) is 6.28. The summed E-state index contributed by atoms with van der Waals surface area (Å²) in [5, 5.41) is 2.89. The van der Waals surface area contributed by atoms with E-state index in [1.165, 1.54) is 17.7 Å². The van der Waals surface area contributed by atoms with Gasteiger partial charge in [-0.2, -0.15) is 0 Å². The Kier molecular flexibility index (Phi) is 7.08. The minimum absolute atomic E-state index is 0.120. The van der Waals surface area contributed by atoms with E-state index in [0.717, 1.165) is 12.8 Å². The van der Waals surface area contributed by atoms with Crippen molar-refractivity contribution in [1.29, 1.82) is 0 Å². The summed E-state index contributed by atoms with van der Waals surface area (Å²) in [7, 11) is 1.72. The molecular formula is C19H23FN2O2. The molecular weight excluding hydrogens is 307 g/mol. The Morgan fingerprint density at radius 1 is 1.12 bits per heavy atom. The van der Waals surface area contributed by atoms with Crippen molar-refractivity contribution in [2.75, 3.05) is 26.7 Å². The van der Waals surface area contributed by atoms with Crippen molar-refractivity contribution < 1.29 is 13.9 Å². The molecule has 1 N–H and O–H groups in total. The number of benzene rings is 2. The van der Waals surface area contributed by atoms with Gasteiger partial charge >= 0.3 is 6.03 Å². The van der Waals surface area contributed by atoms with Crippen LogP contribution in [0.5, 0.6) is 5.75 Å². The van der Waals surface area contributed by atoms with E-state index < -0.39 is 0 Å². The van der Waals surface area contributed by atoms with E-state index in [0.29, 0.717) is 25.4 Å². The number of halogens is 1. The lowest BCUT2D eigenvalue weighted by Gasteiger charge is -2.18. The van der Waals surface area contributed by atoms with Crippen LogP contribution in [-0.2, 0) is 6.42 Å². The Morgan fingerprint density at radius 2 is 1.83 bits per heavy atom. The molecule has 24 heavy (non-hydrogen) atoms. The van der Waals surface area contributed by atoms with E-state index in [1.807, 2.05) is 18.2 Å². The molecule has 0 atom stereocenters. The van der Waals surface area contributed by atoms with Crippen molar-refractivity contribution in [3.05, 3.63) is 66.0 Å². The highest BCUT2D eigenvalue weighted by molar-refractivity contribution is 5.73. The van der Waals surface area contributed by atoms with Gasteiger partial charge in [0.25, 0.3) is 0 Å². The molecule has 2 aromatic rings. The maximum atomic E-state index is 12.8. The lowest BCUT2D eigenvalue weighted by atomic mass is 10.1. The highest BCUT2D eigenvalue weighted by Crippen LogP contribution is 2.10. The third-order valence-electron chi connectivity index (χ3n) is 3.62. The summed E-state index contributed by atoms with van der Waals surface area (Å²) in [6, 6.07) is 15.9. The first-order chi connectivity index (χ1) is 11.6. The molecule has 0 saturated heterocycles. The maximum Gasteiger partial charge on any atom is 0.317 e. The number of ether oxygens (including phenoxy) is 1. The van der Waals surface area contributed by atoms with Crippen LogP contribution in [0, 0.1) is 5.82 Å². The standard InChI is InChI=1S/C19H23FN2O2/c1-22(14-15-24-18-11-9-17(20)10-12-18)19(23)21-13-5-8-16-6-3-2-4-7-16/h2-4,6-7,9-12H,5,8,13-15H2,1H3,(H,21,23). The van der Waals surface area contributed by atoms with E-state index in [2.05, 4.69) is 17.4 Å². The molecule has 4 nitrogen and oxygen atoms in total. The summed E-state index contributed by atoms with van der Waals surface area (Å²) >= 11 is 0. The van der Waals surface area contributed by atoms with Crippen LogP contribution < -0.4 is 10.1 Å². The Bertz CT molecular complexity index is 617. The fourth-order valence-corrected chi connectivity index (χ4v) is 2.20. The second kappa shape index (κ2) is 9.55. The SMILES string of the molecule is CN(CCOc1ccc(F)cc1)C(=O)NCCCc1ccccc1. The summed E-state index contributed by atoms with van der Waals surface area (Å²) in [6.07, 6.45) is 1.84. The van der Waals surface area contributed by atoms with Crippen molar-refractivity contribution in [3.63, 3.8) is 0 Å². The number of urea groups is 1. The Balaban J connectivity index is 1.59. The van der Waals surface area contributed by atoms with Gasteiger partial charge in [-0.05, 0) is 42.7 Å². The number of nitrogens with zero attached hydrogens (tertiary/aromatic N) is 1. The number of hydrogen-bond acceptors (Lipinski definition) is 2. The molecule has 2 rings (SSSR count). The smallest absolute Gasteiger partial charge is 0.317 e. The molecule has 128 valence electrons. The van der Waals surface area contributed by atoms with Crippen LogP contribution in [0.15, 0.2) is 54.6 Å². The monoisotopic (exact) mass is 330 g/mol. The fourth-order valence-electron chi connectivity index (χ4n) is 2.20. The van der Waals surface area contributed by atoms with Gasteiger partial charge in [-0.25, -0.2) is 9.18 Å². The maximum absolute atomic E-state index is 12.8. The Labute approximate surface area is 142 Å². The minimum atomic E-state index is -0.297. The highest BCUT2D eigenvalue weighted by Gasteiger charge is 2.07. The number of likely N-dealkylation sites (N-methyl/N-ethyl adjacent to an activating group) is 1. The average Bonchev–Trinajstić information content (AvgIpc) is 2.61. The average molecular weight is 330 g/mol. The zero-order chi connectivity index (χ0) is 17.2. The van der Waals surface area contributed by atoms with Crippen LogP contribution in [-0.4, -0.2) is 37.7 Å². The molecule has 2 amide bonds. The highest BCUT2D eigenvalue weighted by atomic mass is 19.1. The minimum Gasteiger partial charge on any atom is -0.492 e. The topological polar surface area (TPSA) is 41.6 Å². The van der Waals surface area contributed by atoms with E-state index in [4.69, 9.17) is 4.74 Å². The van der Waals surface area contributed by atoms with Crippen LogP contribution in [0.4, 0.5) is 9.18 Å². The largest absolute Gasteiger partial charge is 0.492 e. The number of rotatable bonds is 8. The third-order valence-corrected chi connectivity index (χ3v) is 3.62. The molecule has 2 aromatic carbocycles. The molecule has 0 aliphatic heterocycles. The van der Waals surface area contributed by atoms with Gasteiger partial charge in [0.15, 0.2) is 0 Å². The normalized spacial score (nSPS) is 10.2. The second-order valence-corrected chi connectivity index (χ2v) is 5.55. The molecule has 0 fully saturated rings. The van der Waals surface area contributed by atoms with Crippen molar-refractivity contribution in [2.24, 2.45) is 0 Å². The molecule has 0 saturated carbocycles. The zero-order valence-electron chi connectivity index (χ0n) is 13.9. The van der Waals surface area contributed by atoms with Gasteiger partial charge in [-0.15, -0.1) is 0 Å². The van der Waals surface area contributed by atoms with Crippen LogP contribution in [0.25, 0.3) is 0 Å². The number of carbonyl (C=O) groups excluding carboxylic acids is 1. The number of aryl methyl sites for hydroxylation is 1. The van der Waals surface area contributed by atoms with Crippen LogP contribution in [0.3, 0.4) is 0 Å². The van der Waals surface area contributed by atoms with E-state index in [9.17, 15) is 9.18 Å². The van der Waals surface area contributed by atoms with Gasteiger partial charge < -0.3 is 15.0 Å². The number of nitrogens with one attached hydrogen (secondary N) is 1. The van der Waals surface area contributed by atoms with Gasteiger partial charge in [-0.1, -0.05) is 30.3 Å². The summed E-state index contributed by atoms with van der Waals surface area (Å²) in [5.74, 6) is 0.294. The molecule has 0 aliphatic carbocycles. The lowest BCUT2D eigenvalue weighted by Crippen LogP contribution is -2.39. The summed E-state index contributed by atoms with van der Waals surface area (Å²) in [6.45, 7) is 1.46. The summed E-state index contributed by atoms with van der Waals surface area (Å²) in [5.41, 5.74) is 1.27. The molecule has 0 heterocycles. The fraction of sp³-hybridized carbons (Fsp3) is 0.316. The van der Waals surface area contributed by atoms with E-state index in [1.54, 1.807) is 24.1 Å². The predicted octanol–water partition coefficient (Wildman–Crippen LogP) is 3.48. The van der Waals surface area contributed by atoms with Gasteiger partial charge in [0.05, 0.1) is 6.54 Å².